The van der Waals surface area contributed by atoms with Crippen LogP contribution in [0.5, 0.6) is 11.5 Å². The molecule has 0 radical (unpaired) electrons. The Hall–Kier alpha value is -2.60. The minimum absolute atomic E-state index is 0.592. The Morgan fingerprint density at radius 3 is 2.62 bits per heavy atom. The Balaban J connectivity index is 1.61. The fourth-order valence-electron chi connectivity index (χ4n) is 2.09. The molecule has 0 bridgehead atoms. The van der Waals surface area contributed by atoms with Gasteiger partial charge in [0.25, 0.3) is 0 Å². The summed E-state index contributed by atoms with van der Waals surface area (Å²) in [7, 11) is 0. The number of fused-ring (bicyclic) bond motifs is 1. The van der Waals surface area contributed by atoms with Gasteiger partial charge < -0.3 is 14.8 Å². The lowest BCUT2D eigenvalue weighted by Crippen LogP contribution is -2.00. The molecule has 0 saturated heterocycles. The molecule has 21 heavy (non-hydrogen) atoms. The average molecular weight is 279 g/mol. The zero-order valence-electron chi connectivity index (χ0n) is 11.8. The van der Waals surface area contributed by atoms with E-state index >= 15 is 0 Å². The van der Waals surface area contributed by atoms with Gasteiger partial charge in [-0.2, -0.15) is 0 Å². The molecule has 0 unspecified atom stereocenters. The van der Waals surface area contributed by atoms with Crippen molar-refractivity contribution in [2.75, 3.05) is 25.1 Å². The largest absolute Gasteiger partial charge is 0.490 e. The van der Waals surface area contributed by atoms with Crippen LogP contribution in [0.4, 0.5) is 5.69 Å². The van der Waals surface area contributed by atoms with Crippen molar-refractivity contribution < 1.29 is 9.47 Å². The molecule has 3 rings (SSSR count). The molecule has 0 spiro atoms. The molecule has 2 aromatic carbocycles. The third-order valence-electron chi connectivity index (χ3n) is 3.13. The van der Waals surface area contributed by atoms with Crippen molar-refractivity contribution in [2.45, 2.75) is 6.42 Å². The molecule has 0 amide bonds. The highest BCUT2D eigenvalue weighted by atomic mass is 16.5. The van der Waals surface area contributed by atoms with Crippen molar-refractivity contribution >= 4 is 5.69 Å². The summed E-state index contributed by atoms with van der Waals surface area (Å²) < 4.78 is 11.3. The summed E-state index contributed by atoms with van der Waals surface area (Å²) in [4.78, 5) is 0. The normalized spacial score (nSPS) is 12.8. The smallest absolute Gasteiger partial charge is 0.163 e. The van der Waals surface area contributed by atoms with Gasteiger partial charge in [0.1, 0.15) is 0 Å². The van der Waals surface area contributed by atoms with Gasteiger partial charge in [0.2, 0.25) is 0 Å². The molecule has 2 aromatic rings. The van der Waals surface area contributed by atoms with Crippen molar-refractivity contribution in [2.24, 2.45) is 0 Å². The first kappa shape index (κ1) is 13.4. The van der Waals surface area contributed by atoms with E-state index < -0.39 is 0 Å². The number of nitrogens with one attached hydrogen (secondary N) is 1. The van der Waals surface area contributed by atoms with E-state index in [0.717, 1.165) is 29.2 Å². The van der Waals surface area contributed by atoms with Gasteiger partial charge in [-0.1, -0.05) is 30.0 Å². The molecule has 1 N–H and O–H groups in total. The van der Waals surface area contributed by atoms with E-state index in [1.165, 1.54) is 0 Å². The quantitative estimate of drug-likeness (QED) is 0.856. The summed E-state index contributed by atoms with van der Waals surface area (Å²) in [6.07, 6.45) is 0.917. The van der Waals surface area contributed by atoms with E-state index in [4.69, 9.17) is 9.47 Å². The highest BCUT2D eigenvalue weighted by molar-refractivity contribution is 5.55. The van der Waals surface area contributed by atoms with Crippen molar-refractivity contribution in [1.29, 1.82) is 0 Å². The van der Waals surface area contributed by atoms with Crippen LogP contribution in [0.2, 0.25) is 0 Å². The monoisotopic (exact) mass is 279 g/mol. The molecule has 3 nitrogen and oxygen atoms in total. The van der Waals surface area contributed by atoms with Crippen LogP contribution in [-0.2, 0) is 0 Å². The van der Waals surface area contributed by atoms with Crippen LogP contribution in [-0.4, -0.2) is 19.8 Å². The summed E-state index contributed by atoms with van der Waals surface area (Å²) in [5, 5.41) is 3.28. The zero-order valence-corrected chi connectivity index (χ0v) is 11.8. The van der Waals surface area contributed by atoms with Crippen LogP contribution in [0.25, 0.3) is 0 Å². The average Bonchev–Trinajstić information content (AvgIpc) is 2.77. The lowest BCUT2D eigenvalue weighted by Gasteiger charge is -2.09. The van der Waals surface area contributed by atoms with Crippen molar-refractivity contribution in [3.63, 3.8) is 0 Å². The van der Waals surface area contributed by atoms with E-state index in [-0.39, 0.29) is 0 Å². The molecule has 0 aromatic heterocycles. The summed E-state index contributed by atoms with van der Waals surface area (Å²) in [6.45, 7) is 2.00. The molecule has 3 heteroatoms. The first-order valence-electron chi connectivity index (χ1n) is 7.09. The van der Waals surface area contributed by atoms with E-state index in [0.29, 0.717) is 19.8 Å². The fourth-order valence-corrected chi connectivity index (χ4v) is 2.09. The van der Waals surface area contributed by atoms with Crippen molar-refractivity contribution in [1.82, 2.24) is 0 Å². The number of ether oxygens (including phenoxy) is 2. The van der Waals surface area contributed by atoms with Gasteiger partial charge >= 0.3 is 0 Å². The maximum absolute atomic E-state index is 5.66. The first-order chi connectivity index (χ1) is 10.4. The summed E-state index contributed by atoms with van der Waals surface area (Å²) >= 11 is 0. The van der Waals surface area contributed by atoms with Crippen LogP contribution in [0.1, 0.15) is 12.0 Å². The van der Waals surface area contributed by atoms with Crippen LogP contribution in [0.15, 0.2) is 48.5 Å². The van der Waals surface area contributed by atoms with Gasteiger partial charge in [0, 0.05) is 23.7 Å². The predicted molar refractivity (Wildman–Crippen MR) is 83.9 cm³/mol. The summed E-state index contributed by atoms with van der Waals surface area (Å²) in [6, 6.07) is 15.8. The van der Waals surface area contributed by atoms with Gasteiger partial charge in [-0.3, -0.25) is 0 Å². The predicted octanol–water partition coefficient (Wildman–Crippen LogP) is 3.31. The van der Waals surface area contributed by atoms with E-state index in [1.54, 1.807) is 0 Å². The Labute approximate surface area is 124 Å². The summed E-state index contributed by atoms with van der Waals surface area (Å²) in [5.41, 5.74) is 2.01. The van der Waals surface area contributed by atoms with Gasteiger partial charge in [-0.15, -0.1) is 0 Å². The van der Waals surface area contributed by atoms with Crippen LogP contribution in [0.3, 0.4) is 0 Å². The Bertz CT molecular complexity index is 656. The molecular formula is C18H17NO2. The molecule has 0 atom stereocenters. The molecule has 1 aliphatic heterocycles. The van der Waals surface area contributed by atoms with Crippen LogP contribution >= 0.6 is 0 Å². The minimum Gasteiger partial charge on any atom is -0.490 e. The number of benzene rings is 2. The van der Waals surface area contributed by atoms with Crippen molar-refractivity contribution in [3.8, 4) is 23.3 Å². The Kier molecular flexibility index (Phi) is 4.28. The highest BCUT2D eigenvalue weighted by Gasteiger charge is 2.09. The molecule has 0 aliphatic carbocycles. The van der Waals surface area contributed by atoms with Crippen molar-refractivity contribution in [3.05, 3.63) is 54.1 Å². The Morgan fingerprint density at radius 2 is 1.76 bits per heavy atom. The third-order valence-corrected chi connectivity index (χ3v) is 3.13. The molecule has 0 fully saturated rings. The van der Waals surface area contributed by atoms with Gasteiger partial charge in [-0.05, 0) is 24.3 Å². The first-order valence-corrected chi connectivity index (χ1v) is 7.09. The maximum Gasteiger partial charge on any atom is 0.163 e. The lowest BCUT2D eigenvalue weighted by molar-refractivity contribution is 0.297. The second-order valence-corrected chi connectivity index (χ2v) is 4.73. The molecule has 0 saturated carbocycles. The van der Waals surface area contributed by atoms with Gasteiger partial charge in [0.15, 0.2) is 11.5 Å². The number of anilines is 1. The standard InChI is InChI=1S/C18H17NO2/c1-2-6-15(7-3-1)8-4-11-19-16-9-10-17-18(14-16)21-13-5-12-20-17/h1-3,6-7,9-10,14,19H,5,11-13H2. The fraction of sp³-hybridized carbons (Fsp3) is 0.222. The topological polar surface area (TPSA) is 30.5 Å². The summed E-state index contributed by atoms with van der Waals surface area (Å²) in [5.74, 6) is 7.84. The van der Waals surface area contributed by atoms with E-state index in [1.807, 2.05) is 48.5 Å². The van der Waals surface area contributed by atoms with Gasteiger partial charge in [0.05, 0.1) is 19.8 Å². The lowest BCUT2D eigenvalue weighted by atomic mass is 10.2. The SMILES string of the molecule is C(#Cc1ccccc1)CNc1ccc2c(c1)OCCCO2. The molecule has 1 aliphatic rings. The van der Waals surface area contributed by atoms with Crippen LogP contribution in [0, 0.1) is 11.8 Å². The van der Waals surface area contributed by atoms with Crippen LogP contribution < -0.4 is 14.8 Å². The molecule has 1 heterocycles. The van der Waals surface area contributed by atoms with E-state index in [2.05, 4.69) is 17.2 Å². The number of hydrogen-bond donors (Lipinski definition) is 1. The number of hydrogen-bond acceptors (Lipinski definition) is 3. The highest BCUT2D eigenvalue weighted by Crippen LogP contribution is 2.32. The molecular weight excluding hydrogens is 262 g/mol. The second-order valence-electron chi connectivity index (χ2n) is 4.73. The zero-order chi connectivity index (χ0) is 14.3. The third kappa shape index (κ3) is 3.70. The maximum atomic E-state index is 5.66. The Morgan fingerprint density at radius 1 is 0.952 bits per heavy atom. The minimum atomic E-state index is 0.592. The number of rotatable bonds is 2. The van der Waals surface area contributed by atoms with E-state index in [9.17, 15) is 0 Å². The second kappa shape index (κ2) is 6.71. The molecule has 106 valence electrons. The van der Waals surface area contributed by atoms with Gasteiger partial charge in [-0.25, -0.2) is 0 Å².